The van der Waals surface area contributed by atoms with Gasteiger partial charge in [-0.3, -0.25) is 4.79 Å². The maximum atomic E-state index is 12.9. The van der Waals surface area contributed by atoms with Gasteiger partial charge in [0, 0.05) is 23.4 Å². The number of carbonyl (C=O) groups is 4. The minimum absolute atomic E-state index is 0.159. The zero-order chi connectivity index (χ0) is 37.7. The highest BCUT2D eigenvalue weighted by Gasteiger charge is 2.15. The lowest BCUT2D eigenvalue weighted by Gasteiger charge is -2.13. The van der Waals surface area contributed by atoms with Crippen molar-refractivity contribution >= 4 is 35.6 Å². The van der Waals surface area contributed by atoms with Crippen molar-refractivity contribution in [2.24, 2.45) is 0 Å². The molecule has 3 aromatic rings. The van der Waals surface area contributed by atoms with Crippen LogP contribution in [0.15, 0.2) is 91.5 Å². The second-order valence-corrected chi connectivity index (χ2v) is 10.7. The fraction of sp³-hybridized carbons (Fsp3) is 0.256. The van der Waals surface area contributed by atoms with Crippen molar-refractivity contribution in [3.05, 3.63) is 103 Å². The standard InChI is InChI=1S/C39H40N2O11/c1-5-36(42)50-21-9-7-19-48-32-17-11-27(24-34(32)46-3)23-29(26-40)39(45)52-31-15-13-30(14-16-31)41-38(44)28-12-18-33(35(25-28)47-4)49-20-8-10-22-51-37(43)6-2/h5-6,11-18,23-25H,1-2,7-10,19-22H2,3-4H3,(H,41,44)/b29-23+. The van der Waals surface area contributed by atoms with Gasteiger partial charge in [0.05, 0.1) is 40.6 Å². The molecular weight excluding hydrogens is 672 g/mol. The largest absolute Gasteiger partial charge is 0.493 e. The summed E-state index contributed by atoms with van der Waals surface area (Å²) in [7, 11) is 2.94. The second-order valence-electron chi connectivity index (χ2n) is 10.7. The van der Waals surface area contributed by atoms with Gasteiger partial charge < -0.3 is 38.5 Å². The first kappa shape index (κ1) is 39.9. The van der Waals surface area contributed by atoms with Gasteiger partial charge in [-0.25, -0.2) is 14.4 Å². The third kappa shape index (κ3) is 13.1. The molecule has 13 nitrogen and oxygen atoms in total. The number of amides is 1. The minimum atomic E-state index is -0.874. The molecule has 0 fully saturated rings. The number of hydrogen-bond donors (Lipinski definition) is 1. The Labute approximate surface area is 302 Å². The number of hydrogen-bond acceptors (Lipinski definition) is 12. The summed E-state index contributed by atoms with van der Waals surface area (Å²) in [5.41, 5.74) is 1.01. The SMILES string of the molecule is C=CC(=O)OCCCCOc1ccc(/C=C(\C#N)C(=O)Oc2ccc(NC(=O)c3ccc(OCCCCOC(=O)C=C)c(OC)c3)cc2)cc1OC. The van der Waals surface area contributed by atoms with E-state index in [1.54, 1.807) is 48.5 Å². The van der Waals surface area contributed by atoms with E-state index >= 15 is 0 Å². The summed E-state index contributed by atoms with van der Waals surface area (Å²) >= 11 is 0. The highest BCUT2D eigenvalue weighted by Crippen LogP contribution is 2.30. The van der Waals surface area contributed by atoms with E-state index in [0.717, 1.165) is 12.2 Å². The van der Waals surface area contributed by atoms with E-state index in [1.165, 1.54) is 32.4 Å². The summed E-state index contributed by atoms with van der Waals surface area (Å²) in [5, 5.41) is 12.4. The first-order valence-electron chi connectivity index (χ1n) is 16.2. The molecule has 3 aromatic carbocycles. The quantitative estimate of drug-likeness (QED) is 0.0434. The molecule has 0 bridgehead atoms. The monoisotopic (exact) mass is 712 g/mol. The Balaban J connectivity index is 1.53. The molecule has 0 spiro atoms. The molecule has 3 rings (SSSR count). The van der Waals surface area contributed by atoms with Gasteiger partial charge in [0.2, 0.25) is 0 Å². The van der Waals surface area contributed by atoms with Crippen LogP contribution in [-0.4, -0.2) is 64.5 Å². The van der Waals surface area contributed by atoms with Gasteiger partial charge >= 0.3 is 17.9 Å². The Kier molecular flexibility index (Phi) is 16.5. The van der Waals surface area contributed by atoms with Crippen molar-refractivity contribution in [3.63, 3.8) is 0 Å². The average molecular weight is 713 g/mol. The van der Waals surface area contributed by atoms with Crippen LogP contribution in [0.25, 0.3) is 6.08 Å². The molecule has 1 N–H and O–H groups in total. The highest BCUT2D eigenvalue weighted by molar-refractivity contribution is 6.04. The molecule has 0 aromatic heterocycles. The topological polar surface area (TPSA) is 169 Å². The Morgan fingerprint density at radius 3 is 1.79 bits per heavy atom. The van der Waals surface area contributed by atoms with Crippen LogP contribution >= 0.6 is 0 Å². The summed E-state index contributed by atoms with van der Waals surface area (Å²) < 4.78 is 37.6. The van der Waals surface area contributed by atoms with Gasteiger partial charge in [-0.2, -0.15) is 5.26 Å². The zero-order valence-corrected chi connectivity index (χ0v) is 29.0. The molecule has 0 unspecified atom stereocenters. The molecule has 13 heteroatoms. The molecule has 0 atom stereocenters. The Bertz CT molecular complexity index is 1790. The fourth-order valence-corrected chi connectivity index (χ4v) is 4.33. The lowest BCUT2D eigenvalue weighted by Crippen LogP contribution is -2.13. The van der Waals surface area contributed by atoms with Crippen LogP contribution in [0.5, 0.6) is 28.7 Å². The van der Waals surface area contributed by atoms with Gasteiger partial charge in [-0.1, -0.05) is 19.2 Å². The fourth-order valence-electron chi connectivity index (χ4n) is 4.33. The number of nitrogens with one attached hydrogen (secondary N) is 1. The number of carbonyl (C=O) groups excluding carboxylic acids is 4. The first-order chi connectivity index (χ1) is 25.2. The van der Waals surface area contributed by atoms with Crippen LogP contribution in [0.3, 0.4) is 0 Å². The molecule has 0 aliphatic carbocycles. The third-order valence-electron chi connectivity index (χ3n) is 7.00. The van der Waals surface area contributed by atoms with Crippen molar-refractivity contribution in [3.8, 4) is 34.8 Å². The van der Waals surface area contributed by atoms with Crippen LogP contribution < -0.4 is 29.0 Å². The lowest BCUT2D eigenvalue weighted by atomic mass is 10.1. The highest BCUT2D eigenvalue weighted by atomic mass is 16.5. The van der Waals surface area contributed by atoms with Crippen molar-refractivity contribution in [1.29, 1.82) is 5.26 Å². The number of methoxy groups -OCH3 is 2. The maximum absolute atomic E-state index is 12.9. The molecule has 0 heterocycles. The van der Waals surface area contributed by atoms with E-state index in [2.05, 4.69) is 18.5 Å². The van der Waals surface area contributed by atoms with E-state index in [9.17, 15) is 24.4 Å². The van der Waals surface area contributed by atoms with Gasteiger partial charge in [0.15, 0.2) is 23.0 Å². The van der Waals surface area contributed by atoms with E-state index in [-0.39, 0.29) is 24.5 Å². The molecule has 0 radical (unpaired) electrons. The van der Waals surface area contributed by atoms with E-state index in [4.69, 9.17) is 33.2 Å². The van der Waals surface area contributed by atoms with Crippen LogP contribution in [0.4, 0.5) is 5.69 Å². The summed E-state index contributed by atoms with van der Waals surface area (Å²) in [6.45, 7) is 7.92. The number of anilines is 1. The van der Waals surface area contributed by atoms with Gasteiger partial charge in [0.1, 0.15) is 17.4 Å². The number of esters is 3. The number of nitrogens with zero attached hydrogens (tertiary/aromatic N) is 1. The van der Waals surface area contributed by atoms with Crippen LogP contribution in [0, 0.1) is 11.3 Å². The maximum Gasteiger partial charge on any atom is 0.354 e. The molecule has 0 aliphatic rings. The average Bonchev–Trinajstić information content (AvgIpc) is 3.17. The van der Waals surface area contributed by atoms with E-state index < -0.39 is 23.8 Å². The van der Waals surface area contributed by atoms with Crippen LogP contribution in [0.2, 0.25) is 0 Å². The molecule has 0 saturated carbocycles. The van der Waals surface area contributed by atoms with Crippen LogP contribution in [-0.2, 0) is 23.9 Å². The summed E-state index contributed by atoms with van der Waals surface area (Å²) in [4.78, 5) is 48.0. The second kappa shape index (κ2) is 21.5. The van der Waals surface area contributed by atoms with Gasteiger partial charge in [-0.15, -0.1) is 0 Å². The number of rotatable bonds is 21. The van der Waals surface area contributed by atoms with Crippen LogP contribution in [0.1, 0.15) is 41.6 Å². The van der Waals surface area contributed by atoms with Crippen molar-refractivity contribution in [1.82, 2.24) is 0 Å². The minimum Gasteiger partial charge on any atom is -0.493 e. The van der Waals surface area contributed by atoms with Gasteiger partial charge in [-0.05, 0) is 91.9 Å². The summed E-state index contributed by atoms with van der Waals surface area (Å²) in [6, 6.07) is 17.6. The molecule has 52 heavy (non-hydrogen) atoms. The normalized spacial score (nSPS) is 10.5. The Morgan fingerprint density at radius 2 is 1.25 bits per heavy atom. The predicted molar refractivity (Wildman–Crippen MR) is 191 cm³/mol. The molecule has 0 aliphatic heterocycles. The molecular formula is C39H40N2O11. The van der Waals surface area contributed by atoms with Crippen molar-refractivity contribution < 1.29 is 52.3 Å². The lowest BCUT2D eigenvalue weighted by molar-refractivity contribution is -0.138. The smallest absolute Gasteiger partial charge is 0.354 e. The van der Waals surface area contributed by atoms with Crippen molar-refractivity contribution in [2.45, 2.75) is 25.7 Å². The Morgan fingerprint density at radius 1 is 0.712 bits per heavy atom. The molecule has 272 valence electrons. The number of unbranched alkanes of at least 4 members (excludes halogenated alkanes) is 2. The predicted octanol–water partition coefficient (Wildman–Crippen LogP) is 6.25. The van der Waals surface area contributed by atoms with E-state index in [0.29, 0.717) is 78.7 Å². The Hall–Kier alpha value is -6.55. The number of nitriles is 1. The van der Waals surface area contributed by atoms with Crippen molar-refractivity contribution in [2.75, 3.05) is 46.0 Å². The molecule has 1 amide bonds. The van der Waals surface area contributed by atoms with Gasteiger partial charge in [0.25, 0.3) is 5.91 Å². The number of benzene rings is 3. The number of ether oxygens (including phenoxy) is 7. The summed E-state index contributed by atoms with van der Waals surface area (Å²) in [6.07, 6.45) is 6.07. The molecule has 0 saturated heterocycles. The van der Waals surface area contributed by atoms with E-state index in [1.807, 2.05) is 6.07 Å². The zero-order valence-electron chi connectivity index (χ0n) is 29.0. The first-order valence-corrected chi connectivity index (χ1v) is 16.2. The summed E-state index contributed by atoms with van der Waals surface area (Å²) in [5.74, 6) is -0.382. The third-order valence-corrected chi connectivity index (χ3v) is 7.00.